The van der Waals surface area contributed by atoms with E-state index in [2.05, 4.69) is 20.9 Å². The van der Waals surface area contributed by atoms with Gasteiger partial charge in [0, 0.05) is 37.3 Å². The Kier molecular flexibility index (Phi) is 12.7. The van der Waals surface area contributed by atoms with Gasteiger partial charge in [-0.2, -0.15) is 0 Å². The zero-order valence-electron chi connectivity index (χ0n) is 21.4. The minimum atomic E-state index is -0.602. The number of fused-ring (bicyclic) bond motifs is 1. The first-order valence-corrected chi connectivity index (χ1v) is 11.4. The highest BCUT2D eigenvalue weighted by Crippen LogP contribution is 2.30. The highest BCUT2D eigenvalue weighted by molar-refractivity contribution is 6.01. The van der Waals surface area contributed by atoms with E-state index in [9.17, 15) is 14.4 Å². The van der Waals surface area contributed by atoms with Gasteiger partial charge in [0.05, 0.1) is 18.5 Å². The molecular formula is C26H31Cl2N7O4. The summed E-state index contributed by atoms with van der Waals surface area (Å²) in [7, 11) is 1.71. The number of esters is 1. The van der Waals surface area contributed by atoms with Gasteiger partial charge in [0.1, 0.15) is 11.6 Å². The standard InChI is InChI=1S/C26H29N7O4.2ClH/c1-15(34)31-11-12-32-26(30-2)33-19-7-3-16(4-8-19)25(36)37-22-10-6-17-13-18(24(28)29)5-9-20(17)21(22)14-23(27)35;;/h3-10,13H,11-12,14H2,1-2H3,(H2,27,35)(H3,28,29)(H,31,34)(H2,30,32,33);2*1H. The molecule has 0 saturated carbocycles. The molecule has 2 amide bonds. The summed E-state index contributed by atoms with van der Waals surface area (Å²) >= 11 is 0. The Morgan fingerprint density at radius 2 is 1.64 bits per heavy atom. The number of nitrogen functional groups attached to an aromatic ring is 1. The van der Waals surface area contributed by atoms with Crippen LogP contribution in [0.25, 0.3) is 10.8 Å². The van der Waals surface area contributed by atoms with Gasteiger partial charge in [-0.3, -0.25) is 20.0 Å². The van der Waals surface area contributed by atoms with Crippen molar-refractivity contribution in [1.82, 2.24) is 10.6 Å². The Morgan fingerprint density at radius 3 is 2.23 bits per heavy atom. The highest BCUT2D eigenvalue weighted by atomic mass is 35.5. The molecule has 3 rings (SSSR count). The minimum Gasteiger partial charge on any atom is -0.423 e. The van der Waals surface area contributed by atoms with Crippen LogP contribution < -0.4 is 32.2 Å². The molecule has 0 aliphatic rings. The van der Waals surface area contributed by atoms with Crippen LogP contribution in [-0.2, 0) is 16.0 Å². The molecule has 0 spiro atoms. The number of hydrogen-bond acceptors (Lipinski definition) is 6. The number of rotatable bonds is 9. The van der Waals surface area contributed by atoms with Gasteiger partial charge in [-0.25, -0.2) is 4.79 Å². The number of aliphatic imine (C=N–C) groups is 1. The van der Waals surface area contributed by atoms with Gasteiger partial charge in [-0.15, -0.1) is 24.8 Å². The van der Waals surface area contributed by atoms with Crippen LogP contribution >= 0.6 is 24.8 Å². The number of primary amides is 1. The van der Waals surface area contributed by atoms with Gasteiger partial charge in [0.25, 0.3) is 0 Å². The summed E-state index contributed by atoms with van der Waals surface area (Å²) in [5.41, 5.74) is 13.0. The van der Waals surface area contributed by atoms with Crippen LogP contribution in [0.15, 0.2) is 59.6 Å². The monoisotopic (exact) mass is 575 g/mol. The number of amidine groups is 1. The number of nitrogens with zero attached hydrogens (tertiary/aromatic N) is 1. The average Bonchev–Trinajstić information content (AvgIpc) is 2.86. The number of benzene rings is 3. The molecule has 0 bridgehead atoms. The predicted molar refractivity (Wildman–Crippen MR) is 157 cm³/mol. The van der Waals surface area contributed by atoms with E-state index >= 15 is 0 Å². The lowest BCUT2D eigenvalue weighted by atomic mass is 9.98. The maximum atomic E-state index is 12.9. The van der Waals surface area contributed by atoms with Crippen molar-refractivity contribution in [3.63, 3.8) is 0 Å². The number of nitrogens with two attached hydrogens (primary N) is 2. The third-order valence-corrected chi connectivity index (χ3v) is 5.33. The summed E-state index contributed by atoms with van der Waals surface area (Å²) in [4.78, 5) is 39.9. The second-order valence-corrected chi connectivity index (χ2v) is 8.09. The molecule has 0 radical (unpaired) electrons. The first kappa shape index (κ1) is 32.7. The second kappa shape index (κ2) is 15.2. The predicted octanol–water partition coefficient (Wildman–Crippen LogP) is 2.34. The summed E-state index contributed by atoms with van der Waals surface area (Å²) in [5.74, 6) is -0.655. The SMILES string of the molecule is CNC(=NCCNC(C)=O)Nc1ccc(C(=O)Oc2ccc3cc(C(=N)N)ccc3c2CC(N)=O)cc1.Cl.Cl. The Morgan fingerprint density at radius 1 is 0.974 bits per heavy atom. The van der Waals surface area contributed by atoms with E-state index in [1.54, 1.807) is 61.6 Å². The summed E-state index contributed by atoms with van der Waals surface area (Å²) in [6.45, 7) is 2.25. The van der Waals surface area contributed by atoms with Crippen LogP contribution in [0.4, 0.5) is 5.69 Å². The summed E-state index contributed by atoms with van der Waals surface area (Å²) in [6.07, 6.45) is -0.129. The van der Waals surface area contributed by atoms with Crippen LogP contribution in [-0.4, -0.2) is 49.7 Å². The molecule has 11 nitrogen and oxygen atoms in total. The lowest BCUT2D eigenvalue weighted by Gasteiger charge is -2.14. The van der Waals surface area contributed by atoms with Crippen molar-refractivity contribution in [2.24, 2.45) is 16.5 Å². The van der Waals surface area contributed by atoms with Crippen molar-refractivity contribution in [3.05, 3.63) is 71.3 Å². The van der Waals surface area contributed by atoms with Crippen molar-refractivity contribution in [2.75, 3.05) is 25.5 Å². The molecule has 8 N–H and O–H groups in total. The van der Waals surface area contributed by atoms with Crippen molar-refractivity contribution in [1.29, 1.82) is 5.41 Å². The van der Waals surface area contributed by atoms with E-state index in [0.717, 1.165) is 5.39 Å². The average molecular weight is 576 g/mol. The Bertz CT molecular complexity index is 1380. The van der Waals surface area contributed by atoms with E-state index in [0.29, 0.717) is 46.8 Å². The fourth-order valence-corrected chi connectivity index (χ4v) is 3.56. The highest BCUT2D eigenvalue weighted by Gasteiger charge is 2.17. The number of anilines is 1. The van der Waals surface area contributed by atoms with Gasteiger partial charge in [-0.05, 0) is 47.2 Å². The largest absolute Gasteiger partial charge is 0.423 e. The number of amides is 2. The zero-order valence-corrected chi connectivity index (χ0v) is 23.0. The quantitative estimate of drug-likeness (QED) is 0.0742. The van der Waals surface area contributed by atoms with Crippen LogP contribution in [0.3, 0.4) is 0 Å². The van der Waals surface area contributed by atoms with Crippen molar-refractivity contribution < 1.29 is 19.1 Å². The number of hydrogen-bond donors (Lipinski definition) is 6. The molecule has 0 aliphatic carbocycles. The number of halogens is 2. The van der Waals surface area contributed by atoms with Gasteiger partial charge in [0.15, 0.2) is 5.96 Å². The maximum Gasteiger partial charge on any atom is 0.343 e. The van der Waals surface area contributed by atoms with E-state index < -0.39 is 11.9 Å². The van der Waals surface area contributed by atoms with Crippen molar-refractivity contribution in [2.45, 2.75) is 13.3 Å². The molecule has 0 fully saturated rings. The topological polar surface area (TPSA) is 185 Å². The fourth-order valence-electron chi connectivity index (χ4n) is 3.56. The van der Waals surface area contributed by atoms with Crippen LogP contribution in [0.5, 0.6) is 5.75 Å². The molecule has 0 heterocycles. The van der Waals surface area contributed by atoms with Crippen molar-refractivity contribution in [3.8, 4) is 5.75 Å². The smallest absolute Gasteiger partial charge is 0.343 e. The minimum absolute atomic E-state index is 0. The Balaban J connectivity index is 0.00000380. The van der Waals surface area contributed by atoms with Crippen LogP contribution in [0.2, 0.25) is 0 Å². The van der Waals surface area contributed by atoms with Gasteiger partial charge in [-0.1, -0.05) is 18.2 Å². The summed E-state index contributed by atoms with van der Waals surface area (Å²) in [5, 5.41) is 17.7. The molecule has 13 heteroatoms. The third kappa shape index (κ3) is 9.16. The normalized spacial score (nSPS) is 10.5. The lowest BCUT2D eigenvalue weighted by molar-refractivity contribution is -0.119. The number of nitrogens with one attached hydrogen (secondary N) is 4. The van der Waals surface area contributed by atoms with Crippen LogP contribution in [0, 0.1) is 5.41 Å². The maximum absolute atomic E-state index is 12.9. The first-order valence-electron chi connectivity index (χ1n) is 11.4. The first-order chi connectivity index (χ1) is 17.7. The third-order valence-electron chi connectivity index (χ3n) is 5.33. The summed E-state index contributed by atoms with van der Waals surface area (Å²) < 4.78 is 5.64. The van der Waals surface area contributed by atoms with E-state index in [1.165, 1.54) is 6.92 Å². The number of ether oxygens (including phenoxy) is 1. The molecule has 0 saturated heterocycles. The second-order valence-electron chi connectivity index (χ2n) is 8.09. The number of guanidine groups is 1. The zero-order chi connectivity index (χ0) is 26.9. The molecule has 0 aromatic heterocycles. The van der Waals surface area contributed by atoms with Gasteiger partial charge < -0.3 is 32.2 Å². The molecule has 208 valence electrons. The molecule has 0 unspecified atom stereocenters. The van der Waals surface area contributed by atoms with Gasteiger partial charge in [0.2, 0.25) is 11.8 Å². The summed E-state index contributed by atoms with van der Waals surface area (Å²) in [6, 6.07) is 15.0. The molecule has 39 heavy (non-hydrogen) atoms. The molecule has 0 atom stereocenters. The van der Waals surface area contributed by atoms with E-state index in [1.807, 2.05) is 0 Å². The number of carbonyl (C=O) groups excluding carboxylic acids is 3. The fraction of sp³-hybridized carbons (Fsp3) is 0.192. The van der Waals surface area contributed by atoms with E-state index in [-0.39, 0.29) is 48.7 Å². The lowest BCUT2D eigenvalue weighted by Crippen LogP contribution is -2.29. The Labute approximate surface area is 238 Å². The number of carbonyl (C=O) groups is 3. The van der Waals surface area contributed by atoms with Crippen LogP contribution in [0.1, 0.15) is 28.4 Å². The Hall–Kier alpha value is -4.35. The molecular weight excluding hydrogens is 545 g/mol. The van der Waals surface area contributed by atoms with Crippen molar-refractivity contribution >= 4 is 70.9 Å². The molecule has 3 aromatic rings. The molecule has 3 aromatic carbocycles. The van der Waals surface area contributed by atoms with E-state index in [4.69, 9.17) is 21.6 Å². The molecule has 0 aliphatic heterocycles. The van der Waals surface area contributed by atoms with Gasteiger partial charge >= 0.3 is 5.97 Å².